The van der Waals surface area contributed by atoms with Gasteiger partial charge in [0.1, 0.15) is 6.61 Å². The van der Waals surface area contributed by atoms with E-state index < -0.39 is 18.3 Å². The second kappa shape index (κ2) is 19.7. The predicted molar refractivity (Wildman–Crippen MR) is 224 cm³/mol. The lowest BCUT2D eigenvalue weighted by Gasteiger charge is -2.32. The van der Waals surface area contributed by atoms with Crippen LogP contribution in [0.1, 0.15) is 100 Å². The Bertz CT molecular complexity index is 1720. The first-order chi connectivity index (χ1) is 24.7. The van der Waals surface area contributed by atoms with Gasteiger partial charge in [-0.2, -0.15) is 10.2 Å². The molecule has 52 heavy (non-hydrogen) atoms. The van der Waals surface area contributed by atoms with Gasteiger partial charge in [-0.25, -0.2) is 9.55 Å². The van der Waals surface area contributed by atoms with Crippen LogP contribution in [0.3, 0.4) is 0 Å². The zero-order valence-electron chi connectivity index (χ0n) is 33.4. The maximum absolute atomic E-state index is 9.67. The Morgan fingerprint density at radius 2 is 1.75 bits per heavy atom. The van der Waals surface area contributed by atoms with E-state index in [2.05, 4.69) is 74.3 Å². The number of aromatic amines is 1. The topological polar surface area (TPSA) is 125 Å². The molecule has 3 aromatic heterocycles. The van der Waals surface area contributed by atoms with E-state index >= 15 is 0 Å². The SMILES string of the molecule is CC.CC.Cc1c(OC(C)C)nn(CCO)c1CN(CCOc1[nH]ncc1-c1ccc2c(c1)c(/C=C/B1OC(C)(C)C(C)(C)O1)nn2PI)C(C)C. The van der Waals surface area contributed by atoms with Crippen molar-refractivity contribution in [2.24, 2.45) is 0 Å². The van der Waals surface area contributed by atoms with Gasteiger partial charge in [-0.15, -0.1) is 5.10 Å². The number of ether oxygens (including phenoxy) is 2. The third-order valence-electron chi connectivity index (χ3n) is 9.03. The van der Waals surface area contributed by atoms with Gasteiger partial charge in [0, 0.05) is 30.1 Å². The lowest BCUT2D eigenvalue weighted by Crippen LogP contribution is -2.41. The first kappa shape index (κ1) is 43.9. The van der Waals surface area contributed by atoms with Crippen molar-refractivity contribution in [3.8, 4) is 22.9 Å². The zero-order valence-corrected chi connectivity index (χ0v) is 36.5. The van der Waals surface area contributed by atoms with Crippen molar-refractivity contribution in [2.75, 3.05) is 19.8 Å². The normalized spacial score (nSPS) is 15.3. The van der Waals surface area contributed by atoms with Gasteiger partial charge in [0.05, 0.1) is 65.5 Å². The maximum Gasteiger partial charge on any atom is 0.487 e. The van der Waals surface area contributed by atoms with Crippen molar-refractivity contribution in [1.82, 2.24) is 34.4 Å². The number of aliphatic hydroxyl groups is 1. The van der Waals surface area contributed by atoms with Crippen LogP contribution in [0.4, 0.5) is 0 Å². The van der Waals surface area contributed by atoms with Crippen molar-refractivity contribution in [2.45, 2.75) is 126 Å². The summed E-state index contributed by atoms with van der Waals surface area (Å²) in [7, 11) is -0.450. The smallest absolute Gasteiger partial charge is 0.476 e. The van der Waals surface area contributed by atoms with Crippen LogP contribution < -0.4 is 9.47 Å². The molecule has 4 heterocycles. The van der Waals surface area contributed by atoms with Crippen LogP contribution in [-0.2, 0) is 22.4 Å². The number of nitrogens with one attached hydrogen (secondary N) is 1. The molecule has 0 spiro atoms. The predicted octanol–water partition coefficient (Wildman–Crippen LogP) is 8.49. The number of benzene rings is 1. The minimum absolute atomic E-state index is 0.00544. The van der Waals surface area contributed by atoms with Crippen molar-refractivity contribution >= 4 is 52.5 Å². The minimum atomic E-state index is -0.450. The van der Waals surface area contributed by atoms with Gasteiger partial charge in [-0.3, -0.25) is 9.58 Å². The molecule has 1 aromatic carbocycles. The molecule has 288 valence electrons. The average Bonchev–Trinajstić information content (AvgIpc) is 3.84. The second-order valence-electron chi connectivity index (χ2n) is 13.6. The maximum atomic E-state index is 9.67. The van der Waals surface area contributed by atoms with Crippen molar-refractivity contribution in [1.29, 1.82) is 0 Å². The number of aromatic nitrogens is 6. The van der Waals surface area contributed by atoms with E-state index in [-0.39, 0.29) is 18.8 Å². The van der Waals surface area contributed by atoms with Gasteiger partial charge in [-0.1, -0.05) is 39.7 Å². The van der Waals surface area contributed by atoms with Gasteiger partial charge >= 0.3 is 7.12 Å². The number of hydrogen-bond acceptors (Lipinski definition) is 9. The minimum Gasteiger partial charge on any atom is -0.476 e. The quantitative estimate of drug-likeness (QED) is 0.0689. The summed E-state index contributed by atoms with van der Waals surface area (Å²) in [5.41, 5.74) is 4.97. The number of aliphatic hydroxyl groups excluding tert-OH is 1. The number of hydrogen-bond donors (Lipinski definition) is 2. The molecule has 0 radical (unpaired) electrons. The molecule has 15 heteroatoms. The number of halogens is 1. The molecule has 1 aliphatic rings. The molecule has 1 unspecified atom stereocenters. The summed E-state index contributed by atoms with van der Waals surface area (Å²) in [6.45, 7) is 28.7. The molecule has 1 saturated heterocycles. The van der Waals surface area contributed by atoms with Crippen LogP contribution in [0.5, 0.6) is 11.8 Å². The van der Waals surface area contributed by atoms with Gasteiger partial charge in [0.2, 0.25) is 11.8 Å². The molecule has 5 rings (SSSR count). The molecule has 0 saturated carbocycles. The van der Waals surface area contributed by atoms with E-state index in [1.165, 1.54) is 0 Å². The van der Waals surface area contributed by atoms with E-state index in [0.29, 0.717) is 44.4 Å². The van der Waals surface area contributed by atoms with Crippen molar-refractivity contribution in [3.05, 3.63) is 47.3 Å². The lowest BCUT2D eigenvalue weighted by molar-refractivity contribution is 0.00578. The molecule has 1 atom stereocenters. The lowest BCUT2D eigenvalue weighted by atomic mass is 9.89. The number of rotatable bonds is 15. The van der Waals surface area contributed by atoms with Gasteiger partial charge < -0.3 is 23.9 Å². The standard InChI is InChI=1S/C33H48BIN7O5P.2C2H6/c1-21(2)40(20-29-23(5)30(45-22(3)4)39-41(29)14-16-43)15-17-44-31-26(19-36-37-31)24-10-11-28-25(18-24)27(38-42(28)48-35)12-13-34-46-32(6,7)33(8,9)47-34;2*1-2/h10-13,18-19,21-22,43,48H,14-17,20H2,1-9H3,(H,36,37);2*1-2H3/b13-12+;;. The molecule has 12 nitrogen and oxygen atoms in total. The molecule has 4 aromatic rings. The summed E-state index contributed by atoms with van der Waals surface area (Å²) in [5.74, 6) is 3.17. The Morgan fingerprint density at radius 1 is 1.08 bits per heavy atom. The van der Waals surface area contributed by atoms with Gasteiger partial charge in [-0.05, 0) is 108 Å². The highest BCUT2D eigenvalue weighted by Gasteiger charge is 2.50. The highest BCUT2D eigenvalue weighted by molar-refractivity contribution is 14.2. The number of H-pyrrole nitrogens is 1. The Balaban J connectivity index is 0.00000176. The third kappa shape index (κ3) is 10.4. The van der Waals surface area contributed by atoms with Crippen LogP contribution in [0, 0.1) is 6.92 Å². The van der Waals surface area contributed by atoms with E-state index in [9.17, 15) is 5.11 Å². The average molecular weight is 852 g/mol. The Morgan fingerprint density at radius 3 is 2.35 bits per heavy atom. The fraction of sp³-hybridized carbons (Fsp3) is 0.595. The summed E-state index contributed by atoms with van der Waals surface area (Å²) in [6.07, 6.45) is 4.25. The fourth-order valence-corrected chi connectivity index (χ4v) is 7.11. The molecule has 0 aliphatic carbocycles. The van der Waals surface area contributed by atoms with Crippen LogP contribution in [0.2, 0.25) is 0 Å². The Labute approximate surface area is 325 Å². The molecule has 0 bridgehead atoms. The summed E-state index contributed by atoms with van der Waals surface area (Å²) >= 11 is 2.35. The summed E-state index contributed by atoms with van der Waals surface area (Å²) in [5, 5.41) is 27.6. The molecule has 1 aliphatic heterocycles. The third-order valence-corrected chi connectivity index (χ3v) is 10.9. The van der Waals surface area contributed by atoms with Crippen molar-refractivity contribution < 1.29 is 23.9 Å². The molecule has 0 amide bonds. The molecular weight excluding hydrogens is 791 g/mol. The number of fused-ring (bicyclic) bond motifs is 1. The second-order valence-corrected chi connectivity index (χ2v) is 15.7. The Hall–Kier alpha value is -2.49. The summed E-state index contributed by atoms with van der Waals surface area (Å²) in [4.78, 5) is 2.33. The van der Waals surface area contributed by atoms with Crippen LogP contribution in [0.25, 0.3) is 28.1 Å². The number of nitrogens with zero attached hydrogens (tertiary/aromatic N) is 6. The van der Waals surface area contributed by atoms with E-state index in [0.717, 1.165) is 39.0 Å². The highest BCUT2D eigenvalue weighted by atomic mass is 127. The largest absolute Gasteiger partial charge is 0.487 e. The monoisotopic (exact) mass is 851 g/mol. The van der Waals surface area contributed by atoms with Crippen LogP contribution in [-0.4, -0.2) is 89.8 Å². The first-order valence-corrected chi connectivity index (χ1v) is 22.5. The van der Waals surface area contributed by atoms with E-state index in [4.69, 9.17) is 23.9 Å². The zero-order chi connectivity index (χ0) is 38.8. The van der Waals surface area contributed by atoms with Crippen molar-refractivity contribution in [3.63, 3.8) is 0 Å². The highest BCUT2D eigenvalue weighted by Crippen LogP contribution is 2.38. The van der Waals surface area contributed by atoms with Crippen LogP contribution in [0.15, 0.2) is 30.4 Å². The molecule has 2 N–H and O–H groups in total. The summed E-state index contributed by atoms with van der Waals surface area (Å²) < 4.78 is 28.5. The first-order valence-electron chi connectivity index (χ1n) is 18.4. The Kier molecular flexibility index (Phi) is 16.7. The molecule has 1 fully saturated rings. The summed E-state index contributed by atoms with van der Waals surface area (Å²) in [6, 6.07) is 6.57. The molecular formula is C37H60BIN7O5P. The fourth-order valence-electron chi connectivity index (χ4n) is 5.58. The van der Waals surface area contributed by atoms with Gasteiger partial charge in [0.25, 0.3) is 0 Å². The van der Waals surface area contributed by atoms with Gasteiger partial charge in [0.15, 0.2) is 0 Å². The van der Waals surface area contributed by atoms with E-state index in [1.807, 2.05) is 97.3 Å². The van der Waals surface area contributed by atoms with E-state index in [1.54, 1.807) is 6.20 Å². The van der Waals surface area contributed by atoms with Crippen LogP contribution >= 0.6 is 28.4 Å².